The predicted octanol–water partition coefficient (Wildman–Crippen LogP) is 7.57. The van der Waals surface area contributed by atoms with Crippen LogP contribution in [0.3, 0.4) is 0 Å². The van der Waals surface area contributed by atoms with Gasteiger partial charge in [0, 0.05) is 0 Å². The van der Waals surface area contributed by atoms with Gasteiger partial charge in [-0.25, -0.2) is 0 Å². The van der Waals surface area contributed by atoms with E-state index in [9.17, 15) is 0 Å². The van der Waals surface area contributed by atoms with Crippen molar-refractivity contribution in [3.63, 3.8) is 0 Å². The standard InChI is InChI=1S/C12H19O2.3C4H9.Sn/c1-9-5-12(6-10(9)2)7-13-11(3,4)14-8-12;3*1-3-4-2;/h9H,1-2,5-8H2,3-4H3;3*1,3-4H2,2H3;. The first kappa shape index (κ1) is 23.7. The molecule has 1 unspecified atom stereocenters. The summed E-state index contributed by atoms with van der Waals surface area (Å²) in [6.07, 6.45) is 10.9. The molecule has 1 aliphatic heterocycles. The fraction of sp³-hybridized carbons (Fsp3) is 0.917. The van der Waals surface area contributed by atoms with Crippen LogP contribution >= 0.6 is 0 Å². The van der Waals surface area contributed by atoms with Gasteiger partial charge < -0.3 is 0 Å². The molecule has 3 heteroatoms. The van der Waals surface area contributed by atoms with Crippen LogP contribution in [0, 0.1) is 11.3 Å². The molecular formula is C24H46O2Sn. The molecule has 0 radical (unpaired) electrons. The van der Waals surface area contributed by atoms with Crippen molar-refractivity contribution in [1.82, 2.24) is 0 Å². The molecule has 1 saturated heterocycles. The van der Waals surface area contributed by atoms with Gasteiger partial charge in [0.05, 0.1) is 0 Å². The molecule has 0 amide bonds. The topological polar surface area (TPSA) is 18.5 Å². The molecule has 2 fully saturated rings. The Morgan fingerprint density at radius 2 is 1.41 bits per heavy atom. The first-order valence-electron chi connectivity index (χ1n) is 11.7. The second-order valence-electron chi connectivity index (χ2n) is 10.2. The number of hydrogen-bond acceptors (Lipinski definition) is 2. The zero-order valence-corrected chi connectivity index (χ0v) is 21.9. The summed E-state index contributed by atoms with van der Waals surface area (Å²) in [6.45, 7) is 17.5. The Hall–Kier alpha value is 0.459. The summed E-state index contributed by atoms with van der Waals surface area (Å²) in [5.41, 5.74) is 1.74. The molecule has 0 aromatic carbocycles. The van der Waals surface area contributed by atoms with Crippen LogP contribution < -0.4 is 0 Å². The van der Waals surface area contributed by atoms with Crippen molar-refractivity contribution in [2.45, 2.75) is 110 Å². The van der Waals surface area contributed by atoms with Crippen molar-refractivity contribution < 1.29 is 9.47 Å². The fourth-order valence-electron chi connectivity index (χ4n) is 5.40. The molecule has 0 N–H and O–H groups in total. The van der Waals surface area contributed by atoms with Gasteiger partial charge in [-0.1, -0.05) is 0 Å². The summed E-state index contributed by atoms with van der Waals surface area (Å²) in [5, 5.41) is 0. The summed E-state index contributed by atoms with van der Waals surface area (Å²) in [5.74, 6) is 0.344. The molecule has 2 nitrogen and oxygen atoms in total. The summed E-state index contributed by atoms with van der Waals surface area (Å²) in [6, 6.07) is 0. The van der Waals surface area contributed by atoms with Crippen molar-refractivity contribution in [3.8, 4) is 0 Å². The molecule has 158 valence electrons. The van der Waals surface area contributed by atoms with Crippen molar-refractivity contribution in [1.29, 1.82) is 0 Å². The molecular weight excluding hydrogens is 439 g/mol. The third kappa shape index (κ3) is 6.74. The molecule has 0 aromatic rings. The Kier molecular flexibility index (Phi) is 9.21. The van der Waals surface area contributed by atoms with E-state index < -0.39 is 24.2 Å². The van der Waals surface area contributed by atoms with Gasteiger partial charge in [-0.2, -0.15) is 0 Å². The van der Waals surface area contributed by atoms with Crippen molar-refractivity contribution >= 4 is 18.4 Å². The van der Waals surface area contributed by atoms with Gasteiger partial charge in [0.1, 0.15) is 0 Å². The average molecular weight is 485 g/mol. The Balaban J connectivity index is 2.09. The van der Waals surface area contributed by atoms with Crippen LogP contribution in [0.2, 0.25) is 17.7 Å². The first-order valence-corrected chi connectivity index (χ1v) is 19.8. The van der Waals surface area contributed by atoms with Crippen LogP contribution in [-0.2, 0) is 9.47 Å². The Morgan fingerprint density at radius 1 is 0.926 bits per heavy atom. The predicted molar refractivity (Wildman–Crippen MR) is 120 cm³/mol. The van der Waals surface area contributed by atoms with Crippen LogP contribution in [0.5, 0.6) is 0 Å². The SMILES string of the molecule is C=C1CC2(COC(C)(C)OC2)CC1[CH2][Sn]([CH2]CCC)([CH2]CCC)[CH2]CCC. The monoisotopic (exact) mass is 486 g/mol. The van der Waals surface area contributed by atoms with E-state index in [-0.39, 0.29) is 5.41 Å². The van der Waals surface area contributed by atoms with Crippen molar-refractivity contribution in [3.05, 3.63) is 12.2 Å². The number of allylic oxidation sites excluding steroid dienone is 1. The molecule has 0 aromatic heterocycles. The zero-order chi connectivity index (χ0) is 20.0. The van der Waals surface area contributed by atoms with E-state index in [1.54, 1.807) is 17.7 Å². The Bertz CT molecular complexity index is 439. The van der Waals surface area contributed by atoms with E-state index in [4.69, 9.17) is 9.47 Å². The Labute approximate surface area is 173 Å². The van der Waals surface area contributed by atoms with Crippen LogP contribution in [0.4, 0.5) is 0 Å². The summed E-state index contributed by atoms with van der Waals surface area (Å²) < 4.78 is 18.6. The van der Waals surface area contributed by atoms with Crippen LogP contribution in [-0.4, -0.2) is 37.4 Å². The van der Waals surface area contributed by atoms with Crippen LogP contribution in [0.1, 0.15) is 86.0 Å². The van der Waals surface area contributed by atoms with E-state index in [1.165, 1.54) is 50.5 Å². The maximum atomic E-state index is 6.08. The van der Waals surface area contributed by atoms with E-state index in [1.807, 2.05) is 13.8 Å². The van der Waals surface area contributed by atoms with Crippen LogP contribution in [0.15, 0.2) is 12.2 Å². The molecule has 1 heterocycles. The second-order valence-corrected chi connectivity index (χ2v) is 24.2. The van der Waals surface area contributed by atoms with Crippen LogP contribution in [0.25, 0.3) is 0 Å². The summed E-state index contributed by atoms with van der Waals surface area (Å²) in [7, 11) is 0. The fourth-order valence-corrected chi connectivity index (χ4v) is 23.0. The zero-order valence-electron chi connectivity index (χ0n) is 19.0. The quantitative estimate of drug-likeness (QED) is 0.222. The average Bonchev–Trinajstić information content (AvgIpc) is 2.94. The number of rotatable bonds is 11. The third-order valence-corrected chi connectivity index (χ3v) is 23.2. The number of ether oxygens (including phenoxy) is 2. The minimum absolute atomic E-state index is 0.217. The van der Waals surface area contributed by atoms with Crippen molar-refractivity contribution in [2.75, 3.05) is 13.2 Å². The molecule has 27 heavy (non-hydrogen) atoms. The van der Waals surface area contributed by atoms with Gasteiger partial charge in [0.2, 0.25) is 0 Å². The minimum atomic E-state index is -2.11. The second kappa shape index (κ2) is 10.5. The van der Waals surface area contributed by atoms with Gasteiger partial charge in [0.15, 0.2) is 0 Å². The van der Waals surface area contributed by atoms with Gasteiger partial charge in [0.25, 0.3) is 0 Å². The molecule has 2 rings (SSSR count). The van der Waals surface area contributed by atoms with Gasteiger partial charge in [-0.05, 0) is 0 Å². The molecule has 1 saturated carbocycles. The number of unbranched alkanes of at least 4 members (excludes halogenated alkanes) is 3. The van der Waals surface area contributed by atoms with E-state index in [2.05, 4.69) is 27.4 Å². The van der Waals surface area contributed by atoms with Gasteiger partial charge >= 0.3 is 174 Å². The van der Waals surface area contributed by atoms with E-state index in [0.717, 1.165) is 25.6 Å². The molecule has 0 bridgehead atoms. The molecule has 2 aliphatic rings. The molecule has 1 spiro atoms. The maximum absolute atomic E-state index is 6.08. The molecule has 1 aliphatic carbocycles. The Morgan fingerprint density at radius 3 is 1.85 bits per heavy atom. The van der Waals surface area contributed by atoms with Gasteiger partial charge in [-0.3, -0.25) is 0 Å². The third-order valence-electron chi connectivity index (χ3n) is 7.17. The first-order chi connectivity index (χ1) is 12.8. The normalized spacial score (nSPS) is 24.6. The molecule has 1 atom stereocenters. The van der Waals surface area contributed by atoms with Gasteiger partial charge in [-0.15, -0.1) is 0 Å². The number of hydrogen-bond donors (Lipinski definition) is 0. The van der Waals surface area contributed by atoms with Crippen molar-refractivity contribution in [2.24, 2.45) is 11.3 Å². The summed E-state index contributed by atoms with van der Waals surface area (Å²) >= 11 is -2.11. The van der Waals surface area contributed by atoms with E-state index in [0.29, 0.717) is 0 Å². The van der Waals surface area contributed by atoms with E-state index >= 15 is 0 Å². The summed E-state index contributed by atoms with van der Waals surface area (Å²) in [4.78, 5) is 0.